The van der Waals surface area contributed by atoms with Crippen LogP contribution in [0.25, 0.3) is 10.9 Å². The molecular formula is C18H22N2O4. The van der Waals surface area contributed by atoms with Gasteiger partial charge in [0, 0.05) is 24.2 Å². The minimum Gasteiger partial charge on any atom is -0.481 e. The van der Waals surface area contributed by atoms with E-state index in [-0.39, 0.29) is 12.8 Å². The summed E-state index contributed by atoms with van der Waals surface area (Å²) in [5, 5.41) is 9.68. The Hall–Kier alpha value is -2.34. The van der Waals surface area contributed by atoms with Crippen LogP contribution in [0.4, 0.5) is 0 Å². The molecule has 0 amide bonds. The number of esters is 1. The summed E-state index contributed by atoms with van der Waals surface area (Å²) < 4.78 is 5.32. The number of benzene rings is 1. The number of nitrogens with zero attached hydrogens (tertiary/aromatic N) is 1. The molecule has 1 heterocycles. The molecule has 1 aromatic carbocycles. The Labute approximate surface area is 140 Å². The number of likely N-dealkylation sites (N-methyl/N-ethyl adjacent to an activating group) is 1. The van der Waals surface area contributed by atoms with Crippen molar-refractivity contribution < 1.29 is 19.4 Å². The van der Waals surface area contributed by atoms with Crippen molar-refractivity contribution in [2.75, 3.05) is 13.6 Å². The Morgan fingerprint density at radius 2 is 2.12 bits per heavy atom. The molecule has 3 rings (SSSR count). The third kappa shape index (κ3) is 3.94. The summed E-state index contributed by atoms with van der Waals surface area (Å²) in [7, 11) is 2.15. The third-order valence-corrected chi connectivity index (χ3v) is 4.43. The van der Waals surface area contributed by atoms with Crippen LogP contribution in [-0.4, -0.2) is 46.6 Å². The number of aromatic nitrogens is 1. The van der Waals surface area contributed by atoms with E-state index < -0.39 is 11.9 Å². The lowest BCUT2D eigenvalue weighted by Crippen LogP contribution is -2.23. The zero-order valence-electron chi connectivity index (χ0n) is 13.7. The summed E-state index contributed by atoms with van der Waals surface area (Å²) in [5.74, 6) is -1.09. The van der Waals surface area contributed by atoms with Gasteiger partial charge >= 0.3 is 11.9 Å². The molecule has 6 nitrogen and oxygen atoms in total. The van der Waals surface area contributed by atoms with Crippen LogP contribution in [0, 0.1) is 0 Å². The second-order valence-corrected chi connectivity index (χ2v) is 6.32. The van der Waals surface area contributed by atoms with E-state index in [0.717, 1.165) is 29.9 Å². The van der Waals surface area contributed by atoms with Crippen molar-refractivity contribution in [2.24, 2.45) is 0 Å². The lowest BCUT2D eigenvalue weighted by atomic mass is 10.1. The molecule has 1 aliphatic rings. The van der Waals surface area contributed by atoms with E-state index in [9.17, 15) is 9.59 Å². The highest BCUT2D eigenvalue weighted by molar-refractivity contribution is 5.90. The summed E-state index contributed by atoms with van der Waals surface area (Å²) in [6.45, 7) is 1.00. The fraction of sp³-hybridized carbons (Fsp3) is 0.444. The lowest BCUT2D eigenvalue weighted by molar-refractivity contribution is -0.142. The smallest absolute Gasteiger partial charge is 0.311 e. The molecule has 24 heavy (non-hydrogen) atoms. The molecule has 1 fully saturated rings. The lowest BCUT2D eigenvalue weighted by Gasteiger charge is -2.14. The normalized spacial score (nSPS) is 14.2. The predicted molar refractivity (Wildman–Crippen MR) is 90.2 cm³/mol. The Morgan fingerprint density at radius 3 is 2.83 bits per heavy atom. The maximum atomic E-state index is 11.8. The number of H-pyrrole nitrogens is 1. The van der Waals surface area contributed by atoms with Crippen LogP contribution in [0.1, 0.15) is 31.2 Å². The van der Waals surface area contributed by atoms with Gasteiger partial charge in [-0.25, -0.2) is 0 Å². The molecular weight excluding hydrogens is 308 g/mol. The number of para-hydroxylation sites is 1. The second kappa shape index (κ2) is 7.05. The summed E-state index contributed by atoms with van der Waals surface area (Å²) >= 11 is 0. The summed E-state index contributed by atoms with van der Waals surface area (Å²) in [6, 6.07) is 6.31. The van der Waals surface area contributed by atoms with Gasteiger partial charge in [0.1, 0.15) is 0 Å². The molecule has 0 radical (unpaired) electrons. The minimum absolute atomic E-state index is 0.133. The van der Waals surface area contributed by atoms with Crippen molar-refractivity contribution in [3.63, 3.8) is 0 Å². The van der Waals surface area contributed by atoms with Gasteiger partial charge in [-0.2, -0.15) is 0 Å². The van der Waals surface area contributed by atoms with E-state index in [4.69, 9.17) is 9.84 Å². The molecule has 1 aliphatic carbocycles. The maximum absolute atomic E-state index is 11.8. The number of carbonyl (C=O) groups excluding carboxylic acids is 1. The second-order valence-electron chi connectivity index (χ2n) is 6.32. The van der Waals surface area contributed by atoms with E-state index >= 15 is 0 Å². The van der Waals surface area contributed by atoms with E-state index in [1.54, 1.807) is 6.07 Å². The first-order valence-corrected chi connectivity index (χ1v) is 8.26. The topological polar surface area (TPSA) is 82.6 Å². The van der Waals surface area contributed by atoms with Crippen LogP contribution < -0.4 is 4.74 Å². The number of carboxylic acid groups (broad SMARTS) is 1. The molecule has 2 N–H and O–H groups in total. The molecule has 1 aromatic heterocycles. The molecule has 0 bridgehead atoms. The van der Waals surface area contributed by atoms with Crippen molar-refractivity contribution in [1.29, 1.82) is 0 Å². The van der Waals surface area contributed by atoms with Crippen LogP contribution in [0.3, 0.4) is 0 Å². The molecule has 0 aliphatic heterocycles. The fourth-order valence-corrected chi connectivity index (χ4v) is 2.85. The van der Waals surface area contributed by atoms with E-state index in [1.807, 2.05) is 18.3 Å². The quantitative estimate of drug-likeness (QED) is 0.574. The van der Waals surface area contributed by atoms with Crippen molar-refractivity contribution >= 4 is 22.8 Å². The van der Waals surface area contributed by atoms with Gasteiger partial charge in [0.25, 0.3) is 0 Å². The van der Waals surface area contributed by atoms with Gasteiger partial charge in [0.2, 0.25) is 0 Å². The van der Waals surface area contributed by atoms with E-state index in [2.05, 4.69) is 16.9 Å². The van der Waals surface area contributed by atoms with Gasteiger partial charge in [0.15, 0.2) is 5.75 Å². The van der Waals surface area contributed by atoms with Crippen LogP contribution in [-0.2, 0) is 16.0 Å². The summed E-state index contributed by atoms with van der Waals surface area (Å²) in [6.07, 6.45) is 5.12. The molecule has 0 spiro atoms. The van der Waals surface area contributed by atoms with E-state index in [0.29, 0.717) is 5.75 Å². The molecule has 128 valence electrons. The first kappa shape index (κ1) is 16.5. The van der Waals surface area contributed by atoms with Crippen LogP contribution in [0.5, 0.6) is 5.75 Å². The van der Waals surface area contributed by atoms with Gasteiger partial charge in [-0.3, -0.25) is 9.59 Å². The zero-order chi connectivity index (χ0) is 17.1. The Balaban J connectivity index is 1.68. The van der Waals surface area contributed by atoms with E-state index in [1.165, 1.54) is 18.4 Å². The van der Waals surface area contributed by atoms with Crippen molar-refractivity contribution in [3.05, 3.63) is 30.0 Å². The van der Waals surface area contributed by atoms with Crippen LogP contribution in [0.15, 0.2) is 24.4 Å². The Morgan fingerprint density at radius 1 is 1.33 bits per heavy atom. The fourth-order valence-electron chi connectivity index (χ4n) is 2.85. The highest BCUT2D eigenvalue weighted by atomic mass is 16.5. The average molecular weight is 330 g/mol. The minimum atomic E-state index is -1.01. The molecule has 1 saturated carbocycles. The standard InChI is InChI=1S/C18H22N2O4/c1-20(13-5-6-13)10-9-12-11-19-18-14(12)3-2-4-15(18)24-17(23)8-7-16(21)22/h2-4,11,13,19H,5-10H2,1H3,(H,21,22). The number of hydrogen-bond donors (Lipinski definition) is 2. The predicted octanol–water partition coefficient (Wildman–Crippen LogP) is 2.57. The number of aliphatic carboxylic acids is 1. The molecule has 0 atom stereocenters. The first-order valence-electron chi connectivity index (χ1n) is 8.26. The number of rotatable bonds is 8. The van der Waals surface area contributed by atoms with Gasteiger partial charge in [0.05, 0.1) is 18.4 Å². The van der Waals surface area contributed by atoms with Crippen molar-refractivity contribution in [3.8, 4) is 5.75 Å². The van der Waals surface area contributed by atoms with Crippen LogP contribution >= 0.6 is 0 Å². The van der Waals surface area contributed by atoms with Gasteiger partial charge in [-0.1, -0.05) is 12.1 Å². The van der Waals surface area contributed by atoms with Crippen molar-refractivity contribution in [2.45, 2.75) is 38.1 Å². The monoisotopic (exact) mass is 330 g/mol. The maximum Gasteiger partial charge on any atom is 0.311 e. The number of hydrogen-bond acceptors (Lipinski definition) is 4. The third-order valence-electron chi connectivity index (χ3n) is 4.43. The zero-order valence-corrected chi connectivity index (χ0v) is 13.7. The number of carboxylic acids is 1. The Kier molecular flexibility index (Phi) is 4.85. The molecule has 0 unspecified atom stereocenters. The van der Waals surface area contributed by atoms with Crippen LogP contribution in [0.2, 0.25) is 0 Å². The highest BCUT2D eigenvalue weighted by Crippen LogP contribution is 2.29. The highest BCUT2D eigenvalue weighted by Gasteiger charge is 2.25. The SMILES string of the molecule is CN(CCc1c[nH]c2c(OC(=O)CCC(=O)O)cccc12)C1CC1. The molecule has 6 heteroatoms. The number of fused-ring (bicyclic) bond motifs is 1. The van der Waals surface area contributed by atoms with Gasteiger partial charge < -0.3 is 19.7 Å². The summed E-state index contributed by atoms with van der Waals surface area (Å²) in [4.78, 5) is 27.9. The average Bonchev–Trinajstić information content (AvgIpc) is 3.32. The number of ether oxygens (including phenoxy) is 1. The largest absolute Gasteiger partial charge is 0.481 e. The summed E-state index contributed by atoms with van der Waals surface area (Å²) in [5.41, 5.74) is 1.98. The Bertz CT molecular complexity index is 749. The number of carbonyl (C=O) groups is 2. The molecule has 0 saturated heterocycles. The van der Waals surface area contributed by atoms with Crippen molar-refractivity contribution in [1.82, 2.24) is 9.88 Å². The van der Waals surface area contributed by atoms with Gasteiger partial charge in [-0.05, 0) is 37.9 Å². The van der Waals surface area contributed by atoms with Gasteiger partial charge in [-0.15, -0.1) is 0 Å². The first-order chi connectivity index (χ1) is 11.5. The molecule has 2 aromatic rings. The number of nitrogens with one attached hydrogen (secondary N) is 1. The number of aromatic amines is 1.